The van der Waals surface area contributed by atoms with Gasteiger partial charge in [-0.2, -0.15) is 5.26 Å². The zero-order chi connectivity index (χ0) is 34.2. The number of nitrogens with one attached hydrogen (secondary N) is 2. The number of hydrogen-bond acceptors (Lipinski definition) is 7. The van der Waals surface area contributed by atoms with Crippen molar-refractivity contribution in [3.8, 4) is 11.8 Å². The van der Waals surface area contributed by atoms with Gasteiger partial charge in [0.15, 0.2) is 5.76 Å². The molecule has 0 radical (unpaired) electrons. The van der Waals surface area contributed by atoms with E-state index in [0.717, 1.165) is 29.2 Å². The Balaban J connectivity index is 1.20. The topological polar surface area (TPSA) is 154 Å². The average molecular weight is 676 g/mol. The van der Waals surface area contributed by atoms with E-state index < -0.39 is 10.8 Å². The molecule has 6 aromatic rings. The molecule has 11 nitrogen and oxygen atoms in total. The summed E-state index contributed by atoms with van der Waals surface area (Å²) < 4.78 is 12.2. The summed E-state index contributed by atoms with van der Waals surface area (Å²) in [5, 5.41) is 26.8. The zero-order valence-electron chi connectivity index (χ0n) is 26.4. The monoisotopic (exact) mass is 675 g/mol. The third-order valence-electron chi connectivity index (χ3n) is 8.87. The summed E-state index contributed by atoms with van der Waals surface area (Å²) in [5.74, 6) is 0.288. The van der Waals surface area contributed by atoms with Gasteiger partial charge in [0.1, 0.15) is 22.5 Å². The van der Waals surface area contributed by atoms with Crippen LogP contribution in [0.2, 0.25) is 0 Å². The Morgan fingerprint density at radius 1 is 1.12 bits per heavy atom. The fraction of sp³-hybridized carbons (Fsp3) is 0.216. The molecule has 2 aromatic heterocycles. The number of nitrogens with zero attached hydrogens (tertiary/aromatic N) is 3. The number of alkyl halides is 1. The molecule has 0 saturated heterocycles. The van der Waals surface area contributed by atoms with Gasteiger partial charge in [-0.1, -0.05) is 25.5 Å². The van der Waals surface area contributed by atoms with Crippen LogP contribution in [-0.2, 0) is 0 Å². The van der Waals surface area contributed by atoms with Crippen LogP contribution in [0.4, 0.5) is 17.1 Å². The van der Waals surface area contributed by atoms with Gasteiger partial charge in [-0.15, -0.1) is 11.6 Å². The minimum absolute atomic E-state index is 0.0603. The number of furan rings is 1. The van der Waals surface area contributed by atoms with E-state index >= 15 is 0 Å². The van der Waals surface area contributed by atoms with Crippen molar-refractivity contribution in [2.24, 2.45) is 0 Å². The van der Waals surface area contributed by atoms with E-state index in [0.29, 0.717) is 64.5 Å². The second-order valence-electron chi connectivity index (χ2n) is 12.0. The number of carbonyl (C=O) groups is 2. The number of para-hydroxylation sites is 1. The predicted molar refractivity (Wildman–Crippen MR) is 188 cm³/mol. The number of halogens is 1. The van der Waals surface area contributed by atoms with Crippen molar-refractivity contribution < 1.29 is 23.7 Å². The SMILES string of the molecule is CCCCOc1cc2c(c3cc(C#N)ccc13)C(CCCl)CN2C(=O)c1cc2cc(NC(=O)c3cc4cccc([N+](=O)[O-])c4[nH]3)ccc2o1. The number of carbonyl (C=O) groups excluding carboxylic acids is 2. The Labute approximate surface area is 285 Å². The minimum atomic E-state index is -0.502. The van der Waals surface area contributed by atoms with Gasteiger partial charge >= 0.3 is 0 Å². The van der Waals surface area contributed by atoms with Crippen molar-refractivity contribution in [1.29, 1.82) is 5.26 Å². The van der Waals surface area contributed by atoms with E-state index in [4.69, 9.17) is 20.8 Å². The Morgan fingerprint density at radius 2 is 1.98 bits per heavy atom. The maximum Gasteiger partial charge on any atom is 0.294 e. The lowest BCUT2D eigenvalue weighted by atomic mass is 9.91. The molecule has 3 heterocycles. The maximum absolute atomic E-state index is 14.2. The van der Waals surface area contributed by atoms with E-state index in [-0.39, 0.29) is 34.5 Å². The number of amides is 2. The summed E-state index contributed by atoms with van der Waals surface area (Å²) in [4.78, 5) is 42.7. The lowest BCUT2D eigenvalue weighted by Gasteiger charge is -2.18. The van der Waals surface area contributed by atoms with Crippen molar-refractivity contribution in [1.82, 2.24) is 4.98 Å². The minimum Gasteiger partial charge on any atom is -0.493 e. The molecule has 4 aromatic carbocycles. The van der Waals surface area contributed by atoms with Gasteiger partial charge < -0.3 is 24.4 Å². The van der Waals surface area contributed by atoms with Crippen LogP contribution in [0.5, 0.6) is 5.75 Å². The van der Waals surface area contributed by atoms with Crippen molar-refractivity contribution >= 4 is 73.1 Å². The molecule has 1 unspecified atom stereocenters. The van der Waals surface area contributed by atoms with E-state index in [1.54, 1.807) is 53.4 Å². The Bertz CT molecular complexity index is 2340. The smallest absolute Gasteiger partial charge is 0.294 e. The molecule has 2 amide bonds. The lowest BCUT2D eigenvalue weighted by molar-refractivity contribution is -0.383. The van der Waals surface area contributed by atoms with Crippen LogP contribution < -0.4 is 15.0 Å². The number of non-ortho nitro benzene ring substituents is 1. The van der Waals surface area contributed by atoms with Crippen molar-refractivity contribution in [2.45, 2.75) is 32.1 Å². The molecule has 1 aliphatic heterocycles. The summed E-state index contributed by atoms with van der Waals surface area (Å²) in [7, 11) is 0. The summed E-state index contributed by atoms with van der Waals surface area (Å²) in [6.45, 7) is 2.99. The molecule has 1 atom stereocenters. The average Bonchev–Trinajstić information content (AvgIpc) is 3.83. The molecule has 2 N–H and O–H groups in total. The second kappa shape index (κ2) is 13.0. The third kappa shape index (κ3) is 5.81. The van der Waals surface area contributed by atoms with Gasteiger partial charge in [0.25, 0.3) is 17.5 Å². The molecule has 1 aliphatic rings. The fourth-order valence-corrected chi connectivity index (χ4v) is 6.77. The zero-order valence-corrected chi connectivity index (χ0v) is 27.2. The van der Waals surface area contributed by atoms with E-state index in [1.165, 1.54) is 6.07 Å². The number of benzene rings is 4. The first-order chi connectivity index (χ1) is 23.8. The normalized spacial score (nSPS) is 13.9. The first-order valence-electron chi connectivity index (χ1n) is 15.9. The quantitative estimate of drug-likeness (QED) is 0.0637. The van der Waals surface area contributed by atoms with Gasteiger partial charge in [0.05, 0.1) is 28.9 Å². The number of ether oxygens (including phenoxy) is 1. The standard InChI is InChI=1S/C37H30ClN5O6/c1-2-3-13-48-32-18-30-34(27-14-21(19-39)7-9-26(27)32)23(11-12-38)20-42(30)37(45)33-17-24-15-25(8-10-31(24)49-33)40-36(44)28-16-22-5-4-6-29(43(46)47)35(22)41-28/h4-10,14-18,23,41H,2-3,11-13,20H2,1H3,(H,40,44). The molecule has 12 heteroatoms. The van der Waals surface area contributed by atoms with Crippen LogP contribution in [0.25, 0.3) is 32.6 Å². The molecule has 0 spiro atoms. The van der Waals surface area contributed by atoms with Gasteiger partial charge in [0.2, 0.25) is 0 Å². The maximum atomic E-state index is 14.2. The van der Waals surface area contributed by atoms with Crippen molar-refractivity contribution in [3.63, 3.8) is 0 Å². The van der Waals surface area contributed by atoms with Gasteiger partial charge in [-0.3, -0.25) is 19.7 Å². The summed E-state index contributed by atoms with van der Waals surface area (Å²) in [6, 6.07) is 22.5. The fourth-order valence-electron chi connectivity index (χ4n) is 6.51. The summed E-state index contributed by atoms with van der Waals surface area (Å²) in [5.41, 5.74) is 3.38. The largest absolute Gasteiger partial charge is 0.493 e. The van der Waals surface area contributed by atoms with Crippen LogP contribution in [0.15, 0.2) is 77.2 Å². The Hall–Kier alpha value is -5.86. The molecular weight excluding hydrogens is 646 g/mol. The molecule has 0 saturated carbocycles. The number of aromatic amines is 1. The molecule has 49 heavy (non-hydrogen) atoms. The molecular formula is C37H30ClN5O6. The number of nitro benzene ring substituents is 1. The molecule has 246 valence electrons. The van der Waals surface area contributed by atoms with Crippen LogP contribution in [0.1, 0.15) is 64.3 Å². The molecule has 0 fully saturated rings. The first kappa shape index (κ1) is 31.7. The van der Waals surface area contributed by atoms with Crippen LogP contribution >= 0.6 is 11.6 Å². The summed E-state index contributed by atoms with van der Waals surface area (Å²) in [6.07, 6.45) is 2.47. The van der Waals surface area contributed by atoms with Crippen molar-refractivity contribution in [2.75, 3.05) is 29.2 Å². The number of hydrogen-bond donors (Lipinski definition) is 2. The predicted octanol–water partition coefficient (Wildman–Crippen LogP) is 8.65. The molecule has 0 bridgehead atoms. The number of anilines is 2. The second-order valence-corrected chi connectivity index (χ2v) is 12.3. The lowest BCUT2D eigenvalue weighted by Crippen LogP contribution is -2.29. The number of rotatable bonds is 10. The third-order valence-corrected chi connectivity index (χ3v) is 9.09. The Kier molecular flexibility index (Phi) is 8.40. The van der Waals surface area contributed by atoms with Gasteiger partial charge in [-0.05, 0) is 72.3 Å². The molecule has 0 aliphatic carbocycles. The van der Waals surface area contributed by atoms with E-state index in [2.05, 4.69) is 23.3 Å². The van der Waals surface area contributed by atoms with Gasteiger partial charge in [0, 0.05) is 52.3 Å². The molecule has 7 rings (SSSR count). The van der Waals surface area contributed by atoms with Crippen molar-refractivity contribution in [3.05, 3.63) is 105 Å². The highest BCUT2D eigenvalue weighted by atomic mass is 35.5. The number of nitro groups is 1. The number of nitriles is 1. The van der Waals surface area contributed by atoms with Crippen LogP contribution in [-0.4, -0.2) is 40.8 Å². The first-order valence-corrected chi connectivity index (χ1v) is 16.5. The van der Waals surface area contributed by atoms with Gasteiger partial charge in [-0.25, -0.2) is 0 Å². The van der Waals surface area contributed by atoms with E-state index in [1.807, 2.05) is 18.2 Å². The highest BCUT2D eigenvalue weighted by molar-refractivity contribution is 6.18. The van der Waals surface area contributed by atoms with Crippen LogP contribution in [0.3, 0.4) is 0 Å². The number of unbranched alkanes of at least 4 members (excludes halogenated alkanes) is 1. The Morgan fingerprint density at radius 3 is 2.76 bits per heavy atom. The highest BCUT2D eigenvalue weighted by Crippen LogP contribution is 2.47. The number of aromatic nitrogens is 1. The summed E-state index contributed by atoms with van der Waals surface area (Å²) >= 11 is 6.24. The van der Waals surface area contributed by atoms with Crippen LogP contribution in [0, 0.1) is 21.4 Å². The highest BCUT2D eigenvalue weighted by Gasteiger charge is 2.36. The van der Waals surface area contributed by atoms with E-state index in [9.17, 15) is 25.0 Å². The number of H-pyrrole nitrogens is 1. The number of fused-ring (bicyclic) bond motifs is 5.